The van der Waals surface area contributed by atoms with Gasteiger partial charge in [-0.3, -0.25) is 5.21 Å². The first-order valence-electron chi connectivity index (χ1n) is 14.4. The molecule has 244 valence electrons. The SMILES string of the molecule is CN[C@@H]1[C@@H](O)[C@@H](O[C@@H]2[C@@H](O)[C@H](O[C@H]3OC(CNCCCN)=CC[C@H]3N)[C@@H](N)C[C@H]2NC(=O)N(O)CCN)OC[C@]1(C)O. The number of aliphatic hydroxyl groups excluding tert-OH is 2. The van der Waals surface area contributed by atoms with Gasteiger partial charge in [-0.1, -0.05) is 0 Å². The molecule has 3 aliphatic rings. The Labute approximate surface area is 245 Å². The Morgan fingerprint density at radius 1 is 1.14 bits per heavy atom. The molecule has 15 N–H and O–H groups in total. The van der Waals surface area contributed by atoms with Gasteiger partial charge in [0.1, 0.15) is 35.8 Å². The monoisotopic (exact) mass is 606 g/mol. The first-order valence-corrected chi connectivity index (χ1v) is 14.4. The maximum absolute atomic E-state index is 12.6. The van der Waals surface area contributed by atoms with Crippen molar-refractivity contribution in [1.29, 1.82) is 0 Å². The number of carbonyl (C=O) groups is 1. The zero-order chi connectivity index (χ0) is 31.0. The third-order valence-corrected chi connectivity index (χ3v) is 7.72. The van der Waals surface area contributed by atoms with Crippen LogP contribution in [0.3, 0.4) is 0 Å². The highest BCUT2D eigenvalue weighted by Gasteiger charge is 2.51. The molecular formula is C25H50N8O9. The molecule has 1 saturated heterocycles. The van der Waals surface area contributed by atoms with Crippen LogP contribution in [0.25, 0.3) is 0 Å². The molecule has 11 atom stereocenters. The number of hydrogen-bond acceptors (Lipinski definition) is 15. The first-order chi connectivity index (χ1) is 19.9. The number of nitrogens with two attached hydrogens (primary N) is 4. The topological polar surface area (TPSA) is 278 Å². The molecule has 2 aliphatic heterocycles. The first kappa shape index (κ1) is 34.8. The summed E-state index contributed by atoms with van der Waals surface area (Å²) in [4.78, 5) is 12.6. The second-order valence-corrected chi connectivity index (χ2v) is 11.2. The fraction of sp³-hybridized carbons (Fsp3) is 0.880. The smallest absolute Gasteiger partial charge is 0.341 e. The summed E-state index contributed by atoms with van der Waals surface area (Å²) >= 11 is 0. The van der Waals surface area contributed by atoms with Crippen LogP contribution in [0.5, 0.6) is 0 Å². The molecule has 17 heteroatoms. The van der Waals surface area contributed by atoms with Gasteiger partial charge in [-0.2, -0.15) is 0 Å². The van der Waals surface area contributed by atoms with E-state index < -0.39 is 72.8 Å². The van der Waals surface area contributed by atoms with Gasteiger partial charge >= 0.3 is 6.03 Å². The summed E-state index contributed by atoms with van der Waals surface area (Å²) in [7, 11) is 1.57. The van der Waals surface area contributed by atoms with E-state index >= 15 is 0 Å². The third kappa shape index (κ3) is 8.69. The number of ether oxygens (including phenoxy) is 4. The second-order valence-electron chi connectivity index (χ2n) is 11.2. The van der Waals surface area contributed by atoms with E-state index in [1.807, 2.05) is 6.08 Å². The second kappa shape index (κ2) is 15.8. The molecule has 3 rings (SSSR count). The Morgan fingerprint density at radius 2 is 1.86 bits per heavy atom. The lowest BCUT2D eigenvalue weighted by molar-refractivity contribution is -0.304. The summed E-state index contributed by atoms with van der Waals surface area (Å²) in [5.74, 6) is 0.627. The van der Waals surface area contributed by atoms with Crippen LogP contribution in [0.2, 0.25) is 0 Å². The molecule has 42 heavy (non-hydrogen) atoms. The summed E-state index contributed by atoms with van der Waals surface area (Å²) in [5.41, 5.74) is 22.3. The molecule has 2 heterocycles. The Hall–Kier alpha value is -1.71. The maximum atomic E-state index is 12.6. The van der Waals surface area contributed by atoms with Gasteiger partial charge in [0.25, 0.3) is 0 Å². The minimum Gasteiger partial charge on any atom is -0.467 e. The van der Waals surface area contributed by atoms with Gasteiger partial charge in [0.15, 0.2) is 6.29 Å². The largest absolute Gasteiger partial charge is 0.467 e. The molecule has 0 spiro atoms. The van der Waals surface area contributed by atoms with Crippen molar-refractivity contribution in [2.24, 2.45) is 22.9 Å². The van der Waals surface area contributed by atoms with Crippen molar-refractivity contribution in [3.8, 4) is 0 Å². The van der Waals surface area contributed by atoms with E-state index in [0.29, 0.717) is 36.9 Å². The summed E-state index contributed by atoms with van der Waals surface area (Å²) in [5, 5.41) is 52.2. The summed E-state index contributed by atoms with van der Waals surface area (Å²) in [6.07, 6.45) is -4.12. The Kier molecular flexibility index (Phi) is 13.1. The number of amides is 2. The molecule has 0 aromatic carbocycles. The molecule has 0 unspecified atom stereocenters. The lowest BCUT2D eigenvalue weighted by Gasteiger charge is -2.48. The Bertz CT molecular complexity index is 887. The van der Waals surface area contributed by atoms with Crippen molar-refractivity contribution in [3.05, 3.63) is 11.8 Å². The fourth-order valence-electron chi connectivity index (χ4n) is 5.41. The number of aliphatic hydroxyl groups is 3. The van der Waals surface area contributed by atoms with Crippen molar-refractivity contribution in [1.82, 2.24) is 21.0 Å². The predicted octanol–water partition coefficient (Wildman–Crippen LogP) is -4.47. The summed E-state index contributed by atoms with van der Waals surface area (Å²) in [6.45, 7) is 2.92. The number of hydroxylamine groups is 2. The van der Waals surface area contributed by atoms with Crippen molar-refractivity contribution in [3.63, 3.8) is 0 Å². The summed E-state index contributed by atoms with van der Waals surface area (Å²) in [6, 6.07) is -4.01. The highest BCUT2D eigenvalue weighted by molar-refractivity contribution is 5.73. The number of hydrogen-bond donors (Lipinski definition) is 11. The van der Waals surface area contributed by atoms with Crippen LogP contribution >= 0.6 is 0 Å². The quantitative estimate of drug-likeness (QED) is 0.0535. The number of likely N-dealkylation sites (N-methyl/N-ethyl adjacent to an activating group) is 1. The number of rotatable bonds is 13. The Balaban J connectivity index is 1.77. The van der Waals surface area contributed by atoms with E-state index in [1.54, 1.807) is 7.05 Å². The van der Waals surface area contributed by atoms with Gasteiger partial charge in [-0.05, 0) is 52.4 Å². The minimum atomic E-state index is -1.46. The van der Waals surface area contributed by atoms with Crippen LogP contribution in [-0.4, -0.2) is 145 Å². The number of nitrogens with zero attached hydrogens (tertiary/aromatic N) is 1. The van der Waals surface area contributed by atoms with Gasteiger partial charge in [-0.15, -0.1) is 0 Å². The van der Waals surface area contributed by atoms with E-state index in [4.69, 9.17) is 41.9 Å². The summed E-state index contributed by atoms with van der Waals surface area (Å²) < 4.78 is 23.8. The molecule has 2 fully saturated rings. The molecule has 17 nitrogen and oxygen atoms in total. The van der Waals surface area contributed by atoms with Gasteiger partial charge < -0.3 is 73.2 Å². The zero-order valence-electron chi connectivity index (χ0n) is 24.3. The molecule has 0 aromatic heterocycles. The Morgan fingerprint density at radius 3 is 2.52 bits per heavy atom. The highest BCUT2D eigenvalue weighted by Crippen LogP contribution is 2.32. The lowest BCUT2D eigenvalue weighted by atomic mass is 9.83. The van der Waals surface area contributed by atoms with Crippen molar-refractivity contribution < 1.29 is 44.3 Å². The molecular weight excluding hydrogens is 556 g/mol. The molecule has 2 amide bonds. The maximum Gasteiger partial charge on any atom is 0.341 e. The molecule has 1 saturated carbocycles. The zero-order valence-corrected chi connectivity index (χ0v) is 24.3. The van der Waals surface area contributed by atoms with Crippen LogP contribution in [0, 0.1) is 0 Å². The highest BCUT2D eigenvalue weighted by atomic mass is 16.7. The molecule has 0 aromatic rings. The minimum absolute atomic E-state index is 0.0145. The van der Waals surface area contributed by atoms with Gasteiger partial charge in [0.05, 0.1) is 37.8 Å². The van der Waals surface area contributed by atoms with Gasteiger partial charge in [-0.25, -0.2) is 9.86 Å². The van der Waals surface area contributed by atoms with Crippen molar-refractivity contribution in [2.75, 3.05) is 46.4 Å². The lowest BCUT2D eigenvalue weighted by Crippen LogP contribution is -2.69. The van der Waals surface area contributed by atoms with Crippen LogP contribution in [-0.2, 0) is 18.9 Å². The normalized spacial score (nSPS) is 38.9. The third-order valence-electron chi connectivity index (χ3n) is 7.72. The molecule has 1 aliphatic carbocycles. The average Bonchev–Trinajstić information content (AvgIpc) is 2.93. The van der Waals surface area contributed by atoms with Gasteiger partial charge in [0.2, 0.25) is 6.29 Å². The number of carbonyl (C=O) groups excluding carboxylic acids is 1. The van der Waals surface area contributed by atoms with E-state index in [9.17, 15) is 25.3 Å². The van der Waals surface area contributed by atoms with E-state index in [2.05, 4.69) is 16.0 Å². The van der Waals surface area contributed by atoms with Crippen LogP contribution in [0.4, 0.5) is 4.79 Å². The number of urea groups is 1. The van der Waals surface area contributed by atoms with Crippen molar-refractivity contribution in [2.45, 2.75) is 93.0 Å². The molecule has 0 radical (unpaired) electrons. The van der Waals surface area contributed by atoms with Crippen LogP contribution in [0.15, 0.2) is 11.8 Å². The van der Waals surface area contributed by atoms with E-state index in [-0.39, 0.29) is 26.1 Å². The van der Waals surface area contributed by atoms with Crippen LogP contribution < -0.4 is 38.9 Å². The van der Waals surface area contributed by atoms with E-state index in [1.165, 1.54) is 6.92 Å². The fourth-order valence-corrected chi connectivity index (χ4v) is 5.41. The van der Waals surface area contributed by atoms with Crippen molar-refractivity contribution >= 4 is 6.03 Å². The molecule has 0 bridgehead atoms. The average molecular weight is 607 g/mol. The van der Waals surface area contributed by atoms with Crippen LogP contribution in [0.1, 0.15) is 26.2 Å². The standard InChI is InChI=1S/C25H50N8O9/c1-25(37)12-39-23(18(35)21(25)30-2)42-20-16(32-24(36)33(38)9-7-27)10-15(29)19(17(20)34)41-22-14(28)5-4-13(40-22)11-31-8-3-6-26/h4,14-23,30-31,34-35,37-38H,3,5-12,26-29H2,1-2H3,(H,32,36)/t14-,15+,16-,17+,18-,19-,20+,21-,22-,23-,25+/m1/s1. The van der Waals surface area contributed by atoms with E-state index in [0.717, 1.165) is 6.42 Å². The number of nitrogens with one attached hydrogen (secondary N) is 3. The van der Waals surface area contributed by atoms with Gasteiger partial charge in [0, 0.05) is 12.6 Å². The predicted molar refractivity (Wildman–Crippen MR) is 150 cm³/mol.